The highest BCUT2D eigenvalue weighted by molar-refractivity contribution is 5.75. The van der Waals surface area contributed by atoms with E-state index in [4.69, 9.17) is 9.15 Å². The number of hydrogen-bond donors (Lipinski definition) is 0. The number of aryl methyl sites for hydroxylation is 1. The van der Waals surface area contributed by atoms with Crippen molar-refractivity contribution in [3.05, 3.63) is 34.6 Å². The van der Waals surface area contributed by atoms with E-state index in [0.29, 0.717) is 37.4 Å². The highest BCUT2D eigenvalue weighted by Gasteiger charge is 2.24. The van der Waals surface area contributed by atoms with Gasteiger partial charge in [-0.05, 0) is 17.4 Å². The summed E-state index contributed by atoms with van der Waals surface area (Å²) >= 11 is 0. The van der Waals surface area contributed by atoms with Crippen LogP contribution >= 0.6 is 0 Å². The maximum Gasteiger partial charge on any atom is 0.339 e. The third-order valence-electron chi connectivity index (χ3n) is 3.65. The first-order valence-corrected chi connectivity index (χ1v) is 7.37. The van der Waals surface area contributed by atoms with Gasteiger partial charge in [-0.25, -0.2) is 9.48 Å². The average Bonchev–Trinajstić information content (AvgIpc) is 3.00. The molecule has 2 aromatic heterocycles. The molecule has 1 fully saturated rings. The average molecular weight is 319 g/mol. The van der Waals surface area contributed by atoms with Crippen molar-refractivity contribution in [3.8, 4) is 5.75 Å². The van der Waals surface area contributed by atoms with Crippen LogP contribution in [0.3, 0.4) is 0 Å². The van der Waals surface area contributed by atoms with E-state index in [2.05, 4.69) is 15.5 Å². The first-order chi connectivity index (χ1) is 11.1. The highest BCUT2D eigenvalue weighted by Crippen LogP contribution is 2.19. The van der Waals surface area contributed by atoms with Crippen LogP contribution in [0, 0.1) is 6.92 Å². The van der Waals surface area contributed by atoms with Crippen LogP contribution in [0.4, 0.5) is 0 Å². The first kappa shape index (κ1) is 15.2. The lowest BCUT2D eigenvalue weighted by molar-refractivity contribution is -0.133. The van der Waals surface area contributed by atoms with Crippen LogP contribution in [0.1, 0.15) is 18.6 Å². The Morgan fingerprint density at radius 3 is 2.83 bits per heavy atom. The van der Waals surface area contributed by atoms with E-state index in [0.717, 1.165) is 0 Å². The van der Waals surface area contributed by atoms with Gasteiger partial charge >= 0.3 is 5.63 Å². The highest BCUT2D eigenvalue weighted by atomic mass is 16.5. The fourth-order valence-corrected chi connectivity index (χ4v) is 2.55. The van der Waals surface area contributed by atoms with E-state index >= 15 is 0 Å². The van der Waals surface area contributed by atoms with Gasteiger partial charge in [0.1, 0.15) is 30.5 Å². The second-order valence-electron chi connectivity index (χ2n) is 5.43. The molecule has 0 N–H and O–H groups in total. The molecule has 0 aliphatic carbocycles. The molecule has 1 aliphatic heterocycles. The van der Waals surface area contributed by atoms with Gasteiger partial charge in [-0.3, -0.25) is 4.79 Å². The lowest BCUT2D eigenvalue weighted by Gasteiger charge is -2.32. The van der Waals surface area contributed by atoms with Crippen LogP contribution in [0.15, 0.2) is 27.7 Å². The van der Waals surface area contributed by atoms with Crippen molar-refractivity contribution in [1.82, 2.24) is 25.1 Å². The van der Waals surface area contributed by atoms with Crippen LogP contribution in [0.25, 0.3) is 0 Å². The Bertz CT molecular complexity index is 719. The summed E-state index contributed by atoms with van der Waals surface area (Å²) < 4.78 is 12.1. The molecule has 122 valence electrons. The molecule has 1 aliphatic rings. The summed E-state index contributed by atoms with van der Waals surface area (Å²) in [6.07, 6.45) is 2.81. The Morgan fingerprint density at radius 1 is 1.39 bits per heavy atom. The molecule has 0 aromatic carbocycles. The maximum absolute atomic E-state index is 12.1. The van der Waals surface area contributed by atoms with E-state index in [1.54, 1.807) is 17.9 Å². The van der Waals surface area contributed by atoms with Gasteiger partial charge in [0.2, 0.25) is 5.91 Å². The van der Waals surface area contributed by atoms with Gasteiger partial charge in [0.15, 0.2) is 0 Å². The fourth-order valence-electron chi connectivity index (χ4n) is 2.55. The van der Waals surface area contributed by atoms with Crippen molar-refractivity contribution in [3.63, 3.8) is 0 Å². The number of aromatic nitrogens is 4. The molecular formula is C14H17N5O4. The van der Waals surface area contributed by atoms with Crippen molar-refractivity contribution >= 4 is 5.91 Å². The third-order valence-corrected chi connectivity index (χ3v) is 3.65. The lowest BCUT2D eigenvalue weighted by Crippen LogP contribution is -2.43. The van der Waals surface area contributed by atoms with Crippen LogP contribution in [0.5, 0.6) is 5.75 Å². The number of ether oxygens (including phenoxy) is 1. The van der Waals surface area contributed by atoms with Crippen molar-refractivity contribution in [1.29, 1.82) is 0 Å². The van der Waals surface area contributed by atoms with Crippen molar-refractivity contribution in [2.45, 2.75) is 32.4 Å². The van der Waals surface area contributed by atoms with Gasteiger partial charge in [-0.15, -0.1) is 5.10 Å². The largest absolute Gasteiger partial charge is 0.490 e. The zero-order valence-corrected chi connectivity index (χ0v) is 12.7. The third kappa shape index (κ3) is 3.93. The molecule has 0 spiro atoms. The summed E-state index contributed by atoms with van der Waals surface area (Å²) in [5, 5.41) is 10.7. The summed E-state index contributed by atoms with van der Waals surface area (Å²) in [6.45, 7) is 3.05. The molecule has 0 radical (unpaired) electrons. The molecule has 3 heterocycles. The summed E-state index contributed by atoms with van der Waals surface area (Å²) in [5.74, 6) is 1.01. The number of amides is 1. The van der Waals surface area contributed by atoms with Gasteiger partial charge in [0, 0.05) is 32.0 Å². The topological polar surface area (TPSA) is 103 Å². The summed E-state index contributed by atoms with van der Waals surface area (Å²) in [4.78, 5) is 25.2. The van der Waals surface area contributed by atoms with Crippen LogP contribution < -0.4 is 10.4 Å². The number of carbonyl (C=O) groups is 1. The van der Waals surface area contributed by atoms with E-state index < -0.39 is 5.63 Å². The van der Waals surface area contributed by atoms with E-state index in [-0.39, 0.29) is 18.6 Å². The molecule has 9 nitrogen and oxygen atoms in total. The second kappa shape index (κ2) is 6.59. The number of rotatable bonds is 4. The first-order valence-electron chi connectivity index (χ1n) is 7.37. The molecule has 0 bridgehead atoms. The molecule has 2 aromatic rings. The maximum atomic E-state index is 12.1. The molecule has 0 atom stereocenters. The summed E-state index contributed by atoms with van der Waals surface area (Å²) in [7, 11) is 0. The molecule has 0 unspecified atom stereocenters. The SMILES string of the molecule is Cc1cc(OC2CCN(C(=O)Cn3cnnn3)CC2)cc(=O)o1. The number of nitrogens with zero attached hydrogens (tertiary/aromatic N) is 5. The standard InChI is InChI=1S/C14H17N5O4/c1-10-6-12(7-14(21)22-10)23-11-2-4-18(5-3-11)13(20)8-19-9-15-16-17-19/h6-7,9,11H,2-5,8H2,1H3. The number of tetrazole rings is 1. The minimum absolute atomic E-state index is 0.0201. The molecule has 0 saturated carbocycles. The lowest BCUT2D eigenvalue weighted by atomic mass is 10.1. The molecule has 9 heteroatoms. The van der Waals surface area contributed by atoms with Gasteiger partial charge < -0.3 is 14.1 Å². The fraction of sp³-hybridized carbons (Fsp3) is 0.500. The van der Waals surface area contributed by atoms with Crippen molar-refractivity contribution in [2.24, 2.45) is 0 Å². The number of carbonyl (C=O) groups excluding carboxylic acids is 1. The van der Waals surface area contributed by atoms with Gasteiger partial charge in [0.05, 0.1) is 6.07 Å². The van der Waals surface area contributed by atoms with Crippen molar-refractivity contribution in [2.75, 3.05) is 13.1 Å². The van der Waals surface area contributed by atoms with Crippen LogP contribution in [0.2, 0.25) is 0 Å². The number of piperidine rings is 1. The van der Waals surface area contributed by atoms with E-state index in [1.165, 1.54) is 17.1 Å². The Morgan fingerprint density at radius 2 is 2.17 bits per heavy atom. The van der Waals surface area contributed by atoms with Crippen LogP contribution in [-0.2, 0) is 11.3 Å². The predicted molar refractivity (Wildman–Crippen MR) is 77.8 cm³/mol. The molecule has 23 heavy (non-hydrogen) atoms. The van der Waals surface area contributed by atoms with Crippen molar-refractivity contribution < 1.29 is 13.9 Å². The zero-order valence-electron chi connectivity index (χ0n) is 12.7. The quantitative estimate of drug-likeness (QED) is 0.781. The van der Waals surface area contributed by atoms with Gasteiger partial charge in [-0.1, -0.05) is 0 Å². The molecular weight excluding hydrogens is 302 g/mol. The van der Waals surface area contributed by atoms with Crippen LogP contribution in [-0.4, -0.2) is 50.2 Å². The summed E-state index contributed by atoms with van der Waals surface area (Å²) in [6, 6.07) is 3.03. The minimum atomic E-state index is -0.422. The van der Waals surface area contributed by atoms with E-state index in [9.17, 15) is 9.59 Å². The normalized spacial score (nSPS) is 15.6. The molecule has 3 rings (SSSR count). The smallest absolute Gasteiger partial charge is 0.339 e. The monoisotopic (exact) mass is 319 g/mol. The Kier molecular flexibility index (Phi) is 4.35. The summed E-state index contributed by atoms with van der Waals surface area (Å²) in [5.41, 5.74) is -0.422. The zero-order chi connectivity index (χ0) is 16.2. The predicted octanol–water partition coefficient (Wildman–Crippen LogP) is 0.00472. The Labute approximate surface area is 131 Å². The Balaban J connectivity index is 1.52. The number of hydrogen-bond acceptors (Lipinski definition) is 7. The van der Waals surface area contributed by atoms with Gasteiger partial charge in [-0.2, -0.15) is 0 Å². The van der Waals surface area contributed by atoms with E-state index in [1.807, 2.05) is 0 Å². The minimum Gasteiger partial charge on any atom is -0.490 e. The number of likely N-dealkylation sites (tertiary alicyclic amines) is 1. The Hall–Kier alpha value is -2.71. The molecule has 1 saturated heterocycles. The molecule has 1 amide bonds. The van der Waals surface area contributed by atoms with Gasteiger partial charge in [0.25, 0.3) is 0 Å². The second-order valence-corrected chi connectivity index (χ2v) is 5.43.